The summed E-state index contributed by atoms with van der Waals surface area (Å²) in [5.74, 6) is 0.630. The molecule has 0 aromatic rings. The molecule has 0 bridgehead atoms. The van der Waals surface area contributed by atoms with E-state index >= 15 is 0 Å². The predicted octanol–water partition coefficient (Wildman–Crippen LogP) is 3.74. The van der Waals surface area contributed by atoms with Crippen molar-refractivity contribution in [1.29, 1.82) is 0 Å². The highest BCUT2D eigenvalue weighted by Crippen LogP contribution is 2.17. The van der Waals surface area contributed by atoms with Crippen LogP contribution in [0.15, 0.2) is 12.2 Å². The Morgan fingerprint density at radius 3 is 2.00 bits per heavy atom. The van der Waals surface area contributed by atoms with Crippen molar-refractivity contribution in [1.82, 2.24) is 0 Å². The van der Waals surface area contributed by atoms with E-state index in [1.165, 1.54) is 38.5 Å². The summed E-state index contributed by atoms with van der Waals surface area (Å²) < 4.78 is 0. The van der Waals surface area contributed by atoms with Gasteiger partial charge in [0.15, 0.2) is 0 Å². The van der Waals surface area contributed by atoms with Gasteiger partial charge in [0, 0.05) is 0 Å². The molecule has 0 atom stereocenters. The van der Waals surface area contributed by atoms with E-state index in [0.717, 1.165) is 6.29 Å². The van der Waals surface area contributed by atoms with Gasteiger partial charge >= 0.3 is 0 Å². The maximum Gasteiger partial charge on any atom is 0.142 e. The highest BCUT2D eigenvalue weighted by Gasteiger charge is 2.02. The molecule has 0 amide bonds. The van der Waals surface area contributed by atoms with Gasteiger partial charge in [-0.05, 0) is 24.8 Å². The van der Waals surface area contributed by atoms with Crippen molar-refractivity contribution in [3.8, 4) is 0 Å². The van der Waals surface area contributed by atoms with Crippen molar-refractivity contribution in [2.45, 2.75) is 52.4 Å². The van der Waals surface area contributed by atoms with E-state index in [4.69, 9.17) is 0 Å². The molecule has 0 spiro atoms. The van der Waals surface area contributed by atoms with Gasteiger partial charge in [0.1, 0.15) is 6.29 Å². The van der Waals surface area contributed by atoms with Crippen LogP contribution in [0.1, 0.15) is 52.4 Å². The Hall–Kier alpha value is -0.590. The van der Waals surface area contributed by atoms with Crippen LogP contribution in [0, 0.1) is 5.92 Å². The van der Waals surface area contributed by atoms with E-state index in [1.54, 1.807) is 6.08 Å². The number of aldehydes is 1. The molecule has 0 saturated carbocycles. The molecule has 0 aliphatic carbocycles. The molecule has 0 saturated heterocycles. The largest absolute Gasteiger partial charge is 0.299 e. The molecule has 0 fully saturated rings. The van der Waals surface area contributed by atoms with E-state index in [0.29, 0.717) is 5.92 Å². The second kappa shape index (κ2) is 9.50. The number of hydrogen-bond acceptors (Lipinski definition) is 1. The first-order chi connectivity index (χ1) is 6.35. The third-order valence-corrected chi connectivity index (χ3v) is 2.32. The van der Waals surface area contributed by atoms with Crippen LogP contribution in [0.25, 0.3) is 0 Å². The minimum absolute atomic E-state index is 0.630. The lowest BCUT2D eigenvalue weighted by atomic mass is 9.96. The fourth-order valence-electron chi connectivity index (χ4n) is 1.47. The third-order valence-electron chi connectivity index (χ3n) is 2.32. The van der Waals surface area contributed by atoms with Gasteiger partial charge in [-0.25, -0.2) is 0 Å². The molecule has 0 radical (unpaired) electrons. The normalized spacial score (nSPS) is 11.3. The minimum atomic E-state index is 0.630. The standard InChI is InChI=1S/C12H22O/c1-3-5-8-12(9-6-4-2)10-7-11-13/h7,10-12H,3-6,8-9H2,1-2H3/b10-7+. The number of hydrogen-bond donors (Lipinski definition) is 0. The van der Waals surface area contributed by atoms with E-state index in [2.05, 4.69) is 19.9 Å². The number of unbranched alkanes of at least 4 members (excludes halogenated alkanes) is 2. The summed E-state index contributed by atoms with van der Waals surface area (Å²) in [7, 11) is 0. The second-order valence-corrected chi connectivity index (χ2v) is 3.57. The lowest BCUT2D eigenvalue weighted by molar-refractivity contribution is -0.104. The molecular formula is C12H22O. The van der Waals surface area contributed by atoms with Crippen molar-refractivity contribution < 1.29 is 4.79 Å². The van der Waals surface area contributed by atoms with Crippen LogP contribution >= 0.6 is 0 Å². The summed E-state index contributed by atoms with van der Waals surface area (Å²) in [6, 6.07) is 0. The summed E-state index contributed by atoms with van der Waals surface area (Å²) >= 11 is 0. The Balaban J connectivity index is 3.72. The Kier molecular flexibility index (Phi) is 9.07. The van der Waals surface area contributed by atoms with Gasteiger partial charge in [-0.15, -0.1) is 0 Å². The van der Waals surface area contributed by atoms with Crippen molar-refractivity contribution in [2.75, 3.05) is 0 Å². The van der Waals surface area contributed by atoms with Gasteiger partial charge < -0.3 is 0 Å². The number of rotatable bonds is 8. The first kappa shape index (κ1) is 12.4. The molecule has 0 aromatic heterocycles. The van der Waals surface area contributed by atoms with Gasteiger partial charge in [0.05, 0.1) is 0 Å². The molecule has 0 heterocycles. The zero-order chi connectivity index (χ0) is 9.94. The fraction of sp³-hybridized carbons (Fsp3) is 0.750. The van der Waals surface area contributed by atoms with Gasteiger partial charge in [-0.1, -0.05) is 45.6 Å². The van der Waals surface area contributed by atoms with E-state index in [-0.39, 0.29) is 0 Å². The van der Waals surface area contributed by atoms with Crippen molar-refractivity contribution in [3.63, 3.8) is 0 Å². The average molecular weight is 182 g/mol. The van der Waals surface area contributed by atoms with Crippen LogP contribution in [0.3, 0.4) is 0 Å². The third kappa shape index (κ3) is 7.76. The molecular weight excluding hydrogens is 160 g/mol. The minimum Gasteiger partial charge on any atom is -0.299 e. The SMILES string of the molecule is CCCCC(/C=C/C=O)CCCC. The second-order valence-electron chi connectivity index (χ2n) is 3.57. The average Bonchev–Trinajstić information content (AvgIpc) is 2.17. The lowest BCUT2D eigenvalue weighted by Crippen LogP contribution is -1.96. The molecule has 13 heavy (non-hydrogen) atoms. The monoisotopic (exact) mass is 182 g/mol. The zero-order valence-electron chi connectivity index (χ0n) is 8.96. The van der Waals surface area contributed by atoms with Gasteiger partial charge in [-0.2, -0.15) is 0 Å². The van der Waals surface area contributed by atoms with Crippen molar-refractivity contribution in [3.05, 3.63) is 12.2 Å². The van der Waals surface area contributed by atoms with Crippen LogP contribution in [0.5, 0.6) is 0 Å². The molecule has 0 aliphatic heterocycles. The van der Waals surface area contributed by atoms with Crippen LogP contribution in [-0.2, 0) is 4.79 Å². The maximum atomic E-state index is 10.2. The molecule has 0 aromatic carbocycles. The molecule has 0 N–H and O–H groups in total. The highest BCUT2D eigenvalue weighted by atomic mass is 16.1. The highest BCUT2D eigenvalue weighted by molar-refractivity contribution is 5.64. The number of carbonyl (C=O) groups excluding carboxylic acids is 1. The summed E-state index contributed by atoms with van der Waals surface area (Å²) in [6.07, 6.45) is 12.1. The summed E-state index contributed by atoms with van der Waals surface area (Å²) in [5.41, 5.74) is 0. The van der Waals surface area contributed by atoms with Crippen molar-refractivity contribution >= 4 is 6.29 Å². The van der Waals surface area contributed by atoms with Gasteiger partial charge in [0.2, 0.25) is 0 Å². The molecule has 0 rings (SSSR count). The van der Waals surface area contributed by atoms with Crippen LogP contribution in [0.2, 0.25) is 0 Å². The number of carbonyl (C=O) groups is 1. The summed E-state index contributed by atoms with van der Waals surface area (Å²) in [6.45, 7) is 4.42. The molecule has 0 unspecified atom stereocenters. The van der Waals surface area contributed by atoms with Crippen molar-refractivity contribution in [2.24, 2.45) is 5.92 Å². The smallest absolute Gasteiger partial charge is 0.142 e. The van der Waals surface area contributed by atoms with Gasteiger partial charge in [-0.3, -0.25) is 4.79 Å². The van der Waals surface area contributed by atoms with Crippen LogP contribution < -0.4 is 0 Å². The lowest BCUT2D eigenvalue weighted by Gasteiger charge is -2.10. The summed E-state index contributed by atoms with van der Waals surface area (Å²) in [4.78, 5) is 10.2. The van der Waals surface area contributed by atoms with E-state index < -0.39 is 0 Å². The first-order valence-corrected chi connectivity index (χ1v) is 5.47. The first-order valence-electron chi connectivity index (χ1n) is 5.47. The van der Waals surface area contributed by atoms with Crippen LogP contribution in [-0.4, -0.2) is 6.29 Å². The zero-order valence-corrected chi connectivity index (χ0v) is 8.96. The molecule has 0 aliphatic rings. The predicted molar refractivity (Wildman–Crippen MR) is 57.7 cm³/mol. The Morgan fingerprint density at radius 2 is 1.62 bits per heavy atom. The van der Waals surface area contributed by atoms with E-state index in [9.17, 15) is 4.79 Å². The van der Waals surface area contributed by atoms with E-state index in [1.807, 2.05) is 0 Å². The molecule has 76 valence electrons. The maximum absolute atomic E-state index is 10.2. The Bertz CT molecular complexity index is 130. The number of allylic oxidation sites excluding steroid dienone is 2. The Morgan fingerprint density at radius 1 is 1.08 bits per heavy atom. The molecule has 1 nitrogen and oxygen atoms in total. The van der Waals surface area contributed by atoms with Gasteiger partial charge in [0.25, 0.3) is 0 Å². The fourth-order valence-corrected chi connectivity index (χ4v) is 1.47. The molecule has 1 heteroatoms. The topological polar surface area (TPSA) is 17.1 Å². The Labute approximate surface area is 82.2 Å². The summed E-state index contributed by atoms with van der Waals surface area (Å²) in [5, 5.41) is 0. The van der Waals surface area contributed by atoms with Crippen LogP contribution in [0.4, 0.5) is 0 Å². The quantitative estimate of drug-likeness (QED) is 0.413.